The molecule has 1 saturated heterocycles. The second kappa shape index (κ2) is 10.8. The Hall–Kier alpha value is -3.27. The van der Waals surface area contributed by atoms with E-state index >= 15 is 0 Å². The molecule has 0 spiro atoms. The summed E-state index contributed by atoms with van der Waals surface area (Å²) >= 11 is 4.73. The number of nitrogens with one attached hydrogen (secondary N) is 2. The van der Waals surface area contributed by atoms with Crippen LogP contribution in [0.5, 0.6) is 0 Å². The molecule has 38 heavy (non-hydrogen) atoms. The third-order valence-corrected chi connectivity index (χ3v) is 8.40. The molecule has 0 radical (unpaired) electrons. The van der Waals surface area contributed by atoms with Crippen LogP contribution < -0.4 is 16.4 Å². The summed E-state index contributed by atoms with van der Waals surface area (Å²) in [5.41, 5.74) is 12.2. The van der Waals surface area contributed by atoms with E-state index in [1.807, 2.05) is 63.2 Å². The Morgan fingerprint density at radius 1 is 1.13 bits per heavy atom. The number of nitrogen functional groups attached to an aromatic ring is 1. The van der Waals surface area contributed by atoms with Gasteiger partial charge in [-0.05, 0) is 62.9 Å². The third-order valence-electron chi connectivity index (χ3n) is 6.77. The maximum atomic E-state index is 13.8. The first-order valence-electron chi connectivity index (χ1n) is 12.5. The number of pyridine rings is 1. The number of nitrogens with zero attached hydrogens (tertiary/aromatic N) is 1. The third kappa shape index (κ3) is 5.18. The molecular weight excluding hydrogens is 564 g/mol. The number of ether oxygens (including phenoxy) is 1. The van der Waals surface area contributed by atoms with E-state index in [2.05, 4.69) is 26.6 Å². The summed E-state index contributed by atoms with van der Waals surface area (Å²) in [6, 6.07) is 13.6. The molecule has 7 nitrogen and oxygen atoms in total. The van der Waals surface area contributed by atoms with Crippen molar-refractivity contribution in [2.75, 3.05) is 24.2 Å². The Bertz CT molecular complexity index is 1540. The van der Waals surface area contributed by atoms with E-state index in [9.17, 15) is 9.59 Å². The number of carbonyl (C=O) groups excluding carboxylic acids is 2. The number of amides is 2. The van der Waals surface area contributed by atoms with E-state index in [1.54, 1.807) is 0 Å². The lowest BCUT2D eigenvalue weighted by molar-refractivity contribution is 0.0861. The maximum absolute atomic E-state index is 13.8. The number of aryl methyl sites for hydroxylation is 3. The lowest BCUT2D eigenvalue weighted by atomic mass is 9.94. The molecule has 1 fully saturated rings. The SMILES string of the molecule is Cc1ccc(NC(=O)c2c(C)nc3sc(C(=O)NCC4CCCO4)c(N)c3c2-c2ccc(Br)cc2)c(C)c1. The Labute approximate surface area is 233 Å². The number of anilines is 2. The van der Waals surface area contributed by atoms with Crippen LogP contribution in [-0.4, -0.2) is 36.1 Å². The first kappa shape index (κ1) is 26.3. The quantitative estimate of drug-likeness (QED) is 0.240. The van der Waals surface area contributed by atoms with Crippen molar-refractivity contribution in [3.8, 4) is 11.1 Å². The van der Waals surface area contributed by atoms with Crippen molar-refractivity contribution in [2.45, 2.75) is 39.7 Å². The van der Waals surface area contributed by atoms with Crippen molar-refractivity contribution in [2.24, 2.45) is 0 Å². The molecular formula is C29H29BrN4O3S. The molecule has 1 aliphatic rings. The minimum absolute atomic E-state index is 0.0220. The number of fused-ring (bicyclic) bond motifs is 1. The highest BCUT2D eigenvalue weighted by Crippen LogP contribution is 2.42. The summed E-state index contributed by atoms with van der Waals surface area (Å²) in [5, 5.41) is 6.63. The van der Waals surface area contributed by atoms with Gasteiger partial charge in [0.15, 0.2) is 0 Å². The summed E-state index contributed by atoms with van der Waals surface area (Å²) in [6.45, 7) is 6.94. The highest BCUT2D eigenvalue weighted by atomic mass is 79.9. The zero-order chi connectivity index (χ0) is 27.0. The van der Waals surface area contributed by atoms with E-state index in [0.717, 1.165) is 46.3 Å². The number of rotatable bonds is 6. The standard InChI is InChI=1S/C29H29BrN4O3S/c1-15-6-11-21(16(2)13-15)34-27(35)22-17(3)33-29-24(23(22)18-7-9-19(30)10-8-18)25(31)26(38-29)28(36)32-14-20-5-4-12-37-20/h6-11,13,20H,4-5,12,14,31H2,1-3H3,(H,32,36)(H,34,35). The van der Waals surface area contributed by atoms with Crippen LogP contribution in [0, 0.1) is 20.8 Å². The minimum Gasteiger partial charge on any atom is -0.397 e. The van der Waals surface area contributed by atoms with Crippen molar-refractivity contribution in [3.05, 3.63) is 74.2 Å². The van der Waals surface area contributed by atoms with E-state index in [-0.39, 0.29) is 17.9 Å². The number of carbonyl (C=O) groups is 2. The Morgan fingerprint density at radius 3 is 2.58 bits per heavy atom. The number of nitrogens with two attached hydrogens (primary N) is 1. The molecule has 5 rings (SSSR count). The van der Waals surface area contributed by atoms with Crippen LogP contribution in [0.3, 0.4) is 0 Å². The largest absolute Gasteiger partial charge is 0.397 e. The first-order chi connectivity index (χ1) is 18.2. The van der Waals surface area contributed by atoms with Crippen LogP contribution in [0.4, 0.5) is 11.4 Å². The van der Waals surface area contributed by atoms with Gasteiger partial charge in [0, 0.05) is 34.3 Å². The fourth-order valence-corrected chi connectivity index (χ4v) is 6.18. The normalized spacial score (nSPS) is 15.1. The Balaban J connectivity index is 1.61. The summed E-state index contributed by atoms with van der Waals surface area (Å²) in [7, 11) is 0. The zero-order valence-electron chi connectivity index (χ0n) is 21.5. The molecule has 196 valence electrons. The van der Waals surface area contributed by atoms with Crippen molar-refractivity contribution in [3.63, 3.8) is 0 Å². The van der Waals surface area contributed by atoms with Crippen molar-refractivity contribution >= 4 is 60.7 Å². The maximum Gasteiger partial charge on any atom is 0.263 e. The number of thiophene rings is 1. The van der Waals surface area contributed by atoms with Gasteiger partial charge in [-0.15, -0.1) is 11.3 Å². The van der Waals surface area contributed by atoms with Gasteiger partial charge < -0.3 is 21.1 Å². The summed E-state index contributed by atoms with van der Waals surface area (Å²) < 4.78 is 6.55. The first-order valence-corrected chi connectivity index (χ1v) is 14.1. The van der Waals surface area contributed by atoms with Crippen LogP contribution in [-0.2, 0) is 4.74 Å². The van der Waals surface area contributed by atoms with Gasteiger partial charge in [-0.25, -0.2) is 4.98 Å². The van der Waals surface area contributed by atoms with Gasteiger partial charge in [0.2, 0.25) is 0 Å². The monoisotopic (exact) mass is 592 g/mol. The molecule has 0 aliphatic carbocycles. The number of benzene rings is 2. The number of hydrogen-bond donors (Lipinski definition) is 3. The van der Waals surface area contributed by atoms with Crippen LogP contribution in [0.2, 0.25) is 0 Å². The van der Waals surface area contributed by atoms with Crippen LogP contribution in [0.25, 0.3) is 21.3 Å². The van der Waals surface area contributed by atoms with E-state index in [4.69, 9.17) is 15.5 Å². The van der Waals surface area contributed by atoms with Crippen molar-refractivity contribution in [1.82, 2.24) is 10.3 Å². The Kier molecular flexibility index (Phi) is 7.52. The average molecular weight is 594 g/mol. The summed E-state index contributed by atoms with van der Waals surface area (Å²) in [5.74, 6) is -0.543. The van der Waals surface area contributed by atoms with Gasteiger partial charge >= 0.3 is 0 Å². The molecule has 4 aromatic rings. The van der Waals surface area contributed by atoms with Gasteiger partial charge in [-0.2, -0.15) is 0 Å². The predicted octanol–water partition coefficient (Wildman–Crippen LogP) is 6.39. The molecule has 1 atom stereocenters. The average Bonchev–Trinajstić information content (AvgIpc) is 3.52. The number of halogens is 1. The molecule has 2 aromatic heterocycles. The van der Waals surface area contributed by atoms with Gasteiger partial charge in [-0.1, -0.05) is 45.8 Å². The highest BCUT2D eigenvalue weighted by molar-refractivity contribution is 9.10. The second-order valence-electron chi connectivity index (χ2n) is 9.60. The van der Waals surface area contributed by atoms with Gasteiger partial charge in [0.1, 0.15) is 9.71 Å². The number of aromatic nitrogens is 1. The Morgan fingerprint density at radius 2 is 1.89 bits per heavy atom. The van der Waals surface area contributed by atoms with Crippen molar-refractivity contribution < 1.29 is 14.3 Å². The van der Waals surface area contributed by atoms with Crippen molar-refractivity contribution in [1.29, 1.82) is 0 Å². The van der Waals surface area contributed by atoms with Crippen LogP contribution >= 0.6 is 27.3 Å². The molecule has 0 saturated carbocycles. The molecule has 9 heteroatoms. The molecule has 4 N–H and O–H groups in total. The fourth-order valence-electron chi connectivity index (χ4n) is 4.85. The zero-order valence-corrected chi connectivity index (χ0v) is 23.9. The molecule has 0 bridgehead atoms. The molecule has 3 heterocycles. The van der Waals surface area contributed by atoms with Gasteiger partial charge in [-0.3, -0.25) is 9.59 Å². The number of hydrogen-bond acceptors (Lipinski definition) is 6. The summed E-state index contributed by atoms with van der Waals surface area (Å²) in [4.78, 5) is 32.7. The molecule has 1 unspecified atom stereocenters. The van der Waals surface area contributed by atoms with E-state index in [0.29, 0.717) is 44.1 Å². The van der Waals surface area contributed by atoms with E-state index < -0.39 is 0 Å². The molecule has 2 amide bonds. The fraction of sp³-hybridized carbons (Fsp3) is 0.276. The van der Waals surface area contributed by atoms with Crippen LogP contribution in [0.1, 0.15) is 49.7 Å². The molecule has 2 aromatic carbocycles. The van der Waals surface area contributed by atoms with Gasteiger partial charge in [0.25, 0.3) is 11.8 Å². The smallest absolute Gasteiger partial charge is 0.263 e. The van der Waals surface area contributed by atoms with Crippen LogP contribution in [0.15, 0.2) is 46.9 Å². The lowest BCUT2D eigenvalue weighted by Gasteiger charge is -2.16. The van der Waals surface area contributed by atoms with Gasteiger partial charge in [0.05, 0.1) is 23.0 Å². The van der Waals surface area contributed by atoms with E-state index in [1.165, 1.54) is 11.3 Å². The predicted molar refractivity (Wildman–Crippen MR) is 157 cm³/mol. The summed E-state index contributed by atoms with van der Waals surface area (Å²) in [6.07, 6.45) is 1.95. The molecule has 1 aliphatic heterocycles. The lowest BCUT2D eigenvalue weighted by Crippen LogP contribution is -2.31. The minimum atomic E-state index is -0.281. The second-order valence-corrected chi connectivity index (χ2v) is 11.5. The highest BCUT2D eigenvalue weighted by Gasteiger charge is 2.27. The topological polar surface area (TPSA) is 106 Å².